The van der Waals surface area contributed by atoms with E-state index in [1.54, 1.807) is 6.07 Å². The average molecular weight is 269 g/mol. The molecule has 0 spiro atoms. The Morgan fingerprint density at radius 1 is 1.17 bits per heavy atom. The first-order chi connectivity index (χ1) is 8.27. The first-order valence-electron chi connectivity index (χ1n) is 6.02. The van der Waals surface area contributed by atoms with Crippen LogP contribution in [0.2, 0.25) is 5.02 Å². The molecule has 0 atom stereocenters. The minimum absolute atomic E-state index is 0.0244. The van der Waals surface area contributed by atoms with E-state index in [1.165, 1.54) is 0 Å². The van der Waals surface area contributed by atoms with Crippen molar-refractivity contribution in [3.8, 4) is 0 Å². The SMILES string of the molecule is CC1(C)OB(c2ccc(CO)cc2Cl)OC1(C)C. The van der Waals surface area contributed by atoms with Crippen LogP contribution in [0.4, 0.5) is 0 Å². The Bertz CT molecular complexity index is 444. The number of aliphatic hydroxyl groups excluding tert-OH is 1. The molecule has 18 heavy (non-hydrogen) atoms. The van der Waals surface area contributed by atoms with Gasteiger partial charge in [0.1, 0.15) is 0 Å². The zero-order chi connectivity index (χ0) is 13.6. The van der Waals surface area contributed by atoms with E-state index in [-0.39, 0.29) is 17.8 Å². The molecule has 2 rings (SSSR count). The van der Waals surface area contributed by atoms with Crippen LogP contribution < -0.4 is 5.46 Å². The van der Waals surface area contributed by atoms with Gasteiger partial charge in [-0.3, -0.25) is 0 Å². The lowest BCUT2D eigenvalue weighted by Gasteiger charge is -2.32. The highest BCUT2D eigenvalue weighted by Crippen LogP contribution is 2.36. The smallest absolute Gasteiger partial charge is 0.399 e. The van der Waals surface area contributed by atoms with Gasteiger partial charge in [0, 0.05) is 10.5 Å². The normalized spacial score (nSPS) is 21.3. The molecule has 0 bridgehead atoms. The number of benzene rings is 1. The zero-order valence-corrected chi connectivity index (χ0v) is 11.9. The quantitative estimate of drug-likeness (QED) is 0.835. The average Bonchev–Trinajstić information content (AvgIpc) is 2.47. The number of hydrogen-bond donors (Lipinski definition) is 1. The van der Waals surface area contributed by atoms with E-state index in [0.717, 1.165) is 11.0 Å². The minimum Gasteiger partial charge on any atom is -0.399 e. The Balaban J connectivity index is 2.30. The third-order valence-electron chi connectivity index (χ3n) is 3.75. The van der Waals surface area contributed by atoms with Gasteiger partial charge in [0.05, 0.1) is 17.8 Å². The van der Waals surface area contributed by atoms with E-state index >= 15 is 0 Å². The molecular weight excluding hydrogens is 250 g/mol. The van der Waals surface area contributed by atoms with Crippen molar-refractivity contribution in [3.63, 3.8) is 0 Å². The molecule has 5 heteroatoms. The fraction of sp³-hybridized carbons (Fsp3) is 0.538. The second kappa shape index (κ2) is 4.53. The molecule has 0 amide bonds. The molecule has 3 nitrogen and oxygen atoms in total. The number of hydrogen-bond acceptors (Lipinski definition) is 3. The summed E-state index contributed by atoms with van der Waals surface area (Å²) in [5.74, 6) is 0. The molecule has 1 heterocycles. The zero-order valence-electron chi connectivity index (χ0n) is 11.2. The third-order valence-corrected chi connectivity index (χ3v) is 4.08. The van der Waals surface area contributed by atoms with Crippen LogP contribution in [0.15, 0.2) is 18.2 Å². The Morgan fingerprint density at radius 3 is 2.17 bits per heavy atom. The van der Waals surface area contributed by atoms with Gasteiger partial charge in [0.15, 0.2) is 0 Å². The van der Waals surface area contributed by atoms with Crippen LogP contribution in [0, 0.1) is 0 Å². The maximum absolute atomic E-state index is 9.06. The maximum Gasteiger partial charge on any atom is 0.496 e. The van der Waals surface area contributed by atoms with Crippen LogP contribution in [-0.2, 0) is 15.9 Å². The first kappa shape index (κ1) is 13.9. The Morgan fingerprint density at radius 2 is 1.72 bits per heavy atom. The highest BCUT2D eigenvalue weighted by molar-refractivity contribution is 6.65. The van der Waals surface area contributed by atoms with Crippen LogP contribution >= 0.6 is 11.6 Å². The summed E-state index contributed by atoms with van der Waals surface area (Å²) in [7, 11) is -0.463. The standard InChI is InChI=1S/C13H18BClO3/c1-12(2)13(3,4)18-14(17-12)10-6-5-9(8-16)7-11(10)15/h5-7,16H,8H2,1-4H3. The van der Waals surface area contributed by atoms with Gasteiger partial charge in [-0.25, -0.2) is 0 Å². The van der Waals surface area contributed by atoms with Gasteiger partial charge in [-0.2, -0.15) is 0 Å². The topological polar surface area (TPSA) is 38.7 Å². The number of aliphatic hydroxyl groups is 1. The van der Waals surface area contributed by atoms with E-state index < -0.39 is 7.12 Å². The summed E-state index contributed by atoms with van der Waals surface area (Å²) in [5, 5.41) is 9.62. The fourth-order valence-corrected chi connectivity index (χ4v) is 2.12. The van der Waals surface area contributed by atoms with Crippen molar-refractivity contribution in [3.05, 3.63) is 28.8 Å². The fourth-order valence-electron chi connectivity index (χ4n) is 1.83. The van der Waals surface area contributed by atoms with Gasteiger partial charge in [-0.1, -0.05) is 23.7 Å². The van der Waals surface area contributed by atoms with Crippen molar-refractivity contribution in [2.75, 3.05) is 0 Å². The molecule has 0 aromatic heterocycles. The molecule has 1 aromatic carbocycles. The predicted octanol–water partition coefficient (Wildman–Crippen LogP) is 2.13. The summed E-state index contributed by atoms with van der Waals surface area (Å²) in [6.45, 7) is 7.99. The highest BCUT2D eigenvalue weighted by Gasteiger charge is 2.52. The van der Waals surface area contributed by atoms with Crippen molar-refractivity contribution < 1.29 is 14.4 Å². The van der Waals surface area contributed by atoms with E-state index in [4.69, 9.17) is 26.0 Å². The summed E-state index contributed by atoms with van der Waals surface area (Å²) in [6, 6.07) is 5.41. The Kier molecular flexibility index (Phi) is 3.49. The van der Waals surface area contributed by atoms with Crippen LogP contribution in [0.5, 0.6) is 0 Å². The molecule has 0 saturated carbocycles. The van der Waals surface area contributed by atoms with Crippen molar-refractivity contribution in [1.82, 2.24) is 0 Å². The first-order valence-corrected chi connectivity index (χ1v) is 6.39. The van der Waals surface area contributed by atoms with Crippen LogP contribution in [0.1, 0.15) is 33.3 Å². The lowest BCUT2D eigenvalue weighted by molar-refractivity contribution is 0.00578. The molecule has 1 N–H and O–H groups in total. The summed E-state index contributed by atoms with van der Waals surface area (Å²) >= 11 is 6.20. The predicted molar refractivity (Wildman–Crippen MR) is 73.1 cm³/mol. The van der Waals surface area contributed by atoms with Crippen LogP contribution in [0.25, 0.3) is 0 Å². The van der Waals surface area contributed by atoms with Gasteiger partial charge in [-0.05, 0) is 39.3 Å². The molecular formula is C13H18BClO3. The third kappa shape index (κ3) is 2.30. The molecule has 1 saturated heterocycles. The van der Waals surface area contributed by atoms with Crippen LogP contribution in [-0.4, -0.2) is 23.4 Å². The van der Waals surface area contributed by atoms with E-state index in [1.807, 2.05) is 39.8 Å². The van der Waals surface area contributed by atoms with Crippen molar-refractivity contribution in [2.45, 2.75) is 45.5 Å². The summed E-state index contributed by atoms with van der Waals surface area (Å²) < 4.78 is 11.9. The maximum atomic E-state index is 9.06. The summed E-state index contributed by atoms with van der Waals surface area (Å²) in [5.41, 5.74) is 0.820. The van der Waals surface area contributed by atoms with Crippen LogP contribution in [0.3, 0.4) is 0 Å². The highest BCUT2D eigenvalue weighted by atomic mass is 35.5. The molecule has 0 aliphatic carbocycles. The monoisotopic (exact) mass is 268 g/mol. The Hall–Kier alpha value is -0.545. The van der Waals surface area contributed by atoms with E-state index in [0.29, 0.717) is 5.02 Å². The second-order valence-corrected chi connectivity index (χ2v) is 6.01. The lowest BCUT2D eigenvalue weighted by atomic mass is 9.78. The molecule has 1 aliphatic rings. The van der Waals surface area contributed by atoms with Crippen molar-refractivity contribution >= 4 is 24.2 Å². The molecule has 0 radical (unpaired) electrons. The largest absolute Gasteiger partial charge is 0.496 e. The number of rotatable bonds is 2. The van der Waals surface area contributed by atoms with E-state index in [2.05, 4.69) is 0 Å². The number of halogens is 1. The Labute approximate surface area is 113 Å². The second-order valence-electron chi connectivity index (χ2n) is 5.60. The minimum atomic E-state index is -0.463. The molecule has 1 aliphatic heterocycles. The van der Waals surface area contributed by atoms with Gasteiger partial charge in [0.2, 0.25) is 0 Å². The van der Waals surface area contributed by atoms with E-state index in [9.17, 15) is 0 Å². The lowest BCUT2D eigenvalue weighted by Crippen LogP contribution is -2.41. The van der Waals surface area contributed by atoms with Gasteiger partial charge >= 0.3 is 7.12 Å². The van der Waals surface area contributed by atoms with Gasteiger partial charge in [0.25, 0.3) is 0 Å². The molecule has 1 aromatic rings. The van der Waals surface area contributed by atoms with Gasteiger partial charge < -0.3 is 14.4 Å². The van der Waals surface area contributed by atoms with Crippen molar-refractivity contribution in [2.24, 2.45) is 0 Å². The van der Waals surface area contributed by atoms with Crippen molar-refractivity contribution in [1.29, 1.82) is 0 Å². The molecule has 1 fully saturated rings. The van der Waals surface area contributed by atoms with Gasteiger partial charge in [-0.15, -0.1) is 0 Å². The molecule has 0 unspecified atom stereocenters. The summed E-state index contributed by atoms with van der Waals surface area (Å²) in [4.78, 5) is 0. The summed E-state index contributed by atoms with van der Waals surface area (Å²) in [6.07, 6.45) is 0. The molecule has 98 valence electrons.